The van der Waals surface area contributed by atoms with Gasteiger partial charge in [-0.2, -0.15) is 0 Å². The highest BCUT2D eigenvalue weighted by molar-refractivity contribution is 6.31. The number of aromatic amines is 1. The van der Waals surface area contributed by atoms with Crippen LogP contribution in [0.5, 0.6) is 0 Å². The molecule has 112 valence electrons. The van der Waals surface area contributed by atoms with Crippen LogP contribution in [0.15, 0.2) is 24.3 Å². The summed E-state index contributed by atoms with van der Waals surface area (Å²) >= 11 is 5.96. The summed E-state index contributed by atoms with van der Waals surface area (Å²) in [5, 5.41) is 13.8. The minimum absolute atomic E-state index is 0.0743. The van der Waals surface area contributed by atoms with Crippen molar-refractivity contribution >= 4 is 28.4 Å². The number of hydrogen-bond acceptors (Lipinski definition) is 2. The Kier molecular flexibility index (Phi) is 4.17. The Morgan fingerprint density at radius 1 is 1.29 bits per heavy atom. The van der Waals surface area contributed by atoms with E-state index in [0.717, 1.165) is 36.6 Å². The number of halogens is 1. The zero-order valence-electron chi connectivity index (χ0n) is 11.7. The number of carbonyl (C=O) groups is 1. The van der Waals surface area contributed by atoms with Gasteiger partial charge in [0.25, 0.3) is 5.91 Å². The number of nitrogens with one attached hydrogen (secondary N) is 2. The lowest BCUT2D eigenvalue weighted by Crippen LogP contribution is -2.38. The highest BCUT2D eigenvalue weighted by atomic mass is 35.5. The van der Waals surface area contributed by atoms with Crippen molar-refractivity contribution in [1.82, 2.24) is 10.3 Å². The van der Waals surface area contributed by atoms with E-state index in [-0.39, 0.29) is 18.6 Å². The fourth-order valence-electron chi connectivity index (χ4n) is 2.98. The molecule has 0 saturated heterocycles. The van der Waals surface area contributed by atoms with Crippen molar-refractivity contribution in [3.63, 3.8) is 0 Å². The molecule has 1 amide bonds. The normalized spacial score (nSPS) is 22.4. The molecule has 0 spiro atoms. The lowest BCUT2D eigenvalue weighted by molar-refractivity contribution is 0.0910. The molecule has 0 bridgehead atoms. The molecule has 1 aliphatic rings. The van der Waals surface area contributed by atoms with Gasteiger partial charge < -0.3 is 15.4 Å². The predicted molar refractivity (Wildman–Crippen MR) is 83.6 cm³/mol. The molecule has 1 fully saturated rings. The summed E-state index contributed by atoms with van der Waals surface area (Å²) in [5.41, 5.74) is 1.48. The Balaban J connectivity index is 1.67. The highest BCUT2D eigenvalue weighted by Crippen LogP contribution is 2.24. The maximum atomic E-state index is 12.3. The van der Waals surface area contributed by atoms with E-state index in [0.29, 0.717) is 16.6 Å². The largest absolute Gasteiger partial charge is 0.396 e. The number of benzene rings is 1. The van der Waals surface area contributed by atoms with Gasteiger partial charge in [-0.3, -0.25) is 4.79 Å². The highest BCUT2D eigenvalue weighted by Gasteiger charge is 2.22. The zero-order valence-corrected chi connectivity index (χ0v) is 12.5. The van der Waals surface area contributed by atoms with E-state index in [9.17, 15) is 4.79 Å². The number of hydrogen-bond donors (Lipinski definition) is 3. The van der Waals surface area contributed by atoms with Gasteiger partial charge in [-0.15, -0.1) is 0 Å². The number of H-pyrrole nitrogens is 1. The smallest absolute Gasteiger partial charge is 0.267 e. The Morgan fingerprint density at radius 2 is 2.05 bits per heavy atom. The molecule has 1 heterocycles. The summed E-state index contributed by atoms with van der Waals surface area (Å²) in [7, 11) is 0. The number of aliphatic hydroxyl groups is 1. The van der Waals surface area contributed by atoms with Crippen LogP contribution in [0.2, 0.25) is 5.02 Å². The first-order chi connectivity index (χ1) is 10.2. The lowest BCUT2D eigenvalue weighted by atomic mass is 9.86. The van der Waals surface area contributed by atoms with Crippen LogP contribution < -0.4 is 5.32 Å². The molecule has 21 heavy (non-hydrogen) atoms. The standard InChI is InChI=1S/C16H19ClN2O2/c17-12-3-6-14-11(7-12)8-15(19-14)16(21)18-13-4-1-10(9-20)2-5-13/h3,6-8,10,13,19-20H,1-2,4-5,9H2,(H,18,21)/t10-,13-. The summed E-state index contributed by atoms with van der Waals surface area (Å²) < 4.78 is 0. The Hall–Kier alpha value is -1.52. The predicted octanol–water partition coefficient (Wildman–Crippen LogP) is 3.10. The van der Waals surface area contributed by atoms with Crippen LogP contribution in [0, 0.1) is 5.92 Å². The number of rotatable bonds is 3. The Morgan fingerprint density at radius 3 is 2.76 bits per heavy atom. The molecule has 3 N–H and O–H groups in total. The monoisotopic (exact) mass is 306 g/mol. The Bertz CT molecular complexity index is 645. The van der Waals surface area contributed by atoms with E-state index in [1.54, 1.807) is 6.07 Å². The molecule has 0 atom stereocenters. The van der Waals surface area contributed by atoms with Crippen LogP contribution in [0.4, 0.5) is 0 Å². The van der Waals surface area contributed by atoms with Crippen molar-refractivity contribution in [3.05, 3.63) is 35.0 Å². The van der Waals surface area contributed by atoms with E-state index in [2.05, 4.69) is 10.3 Å². The van der Waals surface area contributed by atoms with Crippen molar-refractivity contribution in [2.75, 3.05) is 6.61 Å². The van der Waals surface area contributed by atoms with Crippen molar-refractivity contribution in [1.29, 1.82) is 0 Å². The van der Waals surface area contributed by atoms with Gasteiger partial charge in [0.15, 0.2) is 0 Å². The van der Waals surface area contributed by atoms with Crippen LogP contribution in [-0.2, 0) is 0 Å². The molecule has 0 unspecified atom stereocenters. The molecule has 4 nitrogen and oxygen atoms in total. The van der Waals surface area contributed by atoms with Crippen LogP contribution in [0.3, 0.4) is 0 Å². The molecule has 1 aromatic carbocycles. The zero-order chi connectivity index (χ0) is 14.8. The molecule has 1 aliphatic carbocycles. The van der Waals surface area contributed by atoms with Gasteiger partial charge in [-0.1, -0.05) is 11.6 Å². The summed E-state index contributed by atoms with van der Waals surface area (Å²) in [6, 6.07) is 7.56. The van der Waals surface area contributed by atoms with E-state index in [1.807, 2.05) is 18.2 Å². The quantitative estimate of drug-likeness (QED) is 0.816. The van der Waals surface area contributed by atoms with Gasteiger partial charge in [0.1, 0.15) is 5.69 Å². The molecule has 1 saturated carbocycles. The van der Waals surface area contributed by atoms with Gasteiger partial charge in [-0.05, 0) is 55.9 Å². The summed E-state index contributed by atoms with van der Waals surface area (Å²) in [4.78, 5) is 15.4. The fraction of sp³-hybridized carbons (Fsp3) is 0.438. The molecule has 2 aromatic rings. The Labute approximate surface area is 128 Å². The van der Waals surface area contributed by atoms with Crippen LogP contribution in [-0.4, -0.2) is 28.6 Å². The number of aliphatic hydroxyl groups excluding tert-OH is 1. The minimum atomic E-state index is -0.0743. The van der Waals surface area contributed by atoms with Crippen molar-refractivity contribution in [2.45, 2.75) is 31.7 Å². The van der Waals surface area contributed by atoms with Crippen molar-refractivity contribution in [3.8, 4) is 0 Å². The second-order valence-electron chi connectivity index (χ2n) is 5.79. The first kappa shape index (κ1) is 14.4. The maximum Gasteiger partial charge on any atom is 0.267 e. The first-order valence-electron chi connectivity index (χ1n) is 7.35. The second-order valence-corrected chi connectivity index (χ2v) is 6.22. The average molecular weight is 307 g/mol. The van der Waals surface area contributed by atoms with Gasteiger partial charge in [-0.25, -0.2) is 0 Å². The maximum absolute atomic E-state index is 12.3. The van der Waals surface area contributed by atoms with Crippen LogP contribution in [0.25, 0.3) is 10.9 Å². The minimum Gasteiger partial charge on any atom is -0.396 e. The SMILES string of the molecule is O=C(N[C@H]1CC[C@H](CO)CC1)c1cc2cc(Cl)ccc2[nH]1. The summed E-state index contributed by atoms with van der Waals surface area (Å²) in [6.07, 6.45) is 3.82. The molecule has 0 aliphatic heterocycles. The molecular weight excluding hydrogens is 288 g/mol. The average Bonchev–Trinajstić information content (AvgIpc) is 2.91. The summed E-state index contributed by atoms with van der Waals surface area (Å²) in [5.74, 6) is 0.322. The fourth-order valence-corrected chi connectivity index (χ4v) is 3.16. The van der Waals surface area contributed by atoms with E-state index >= 15 is 0 Å². The van der Waals surface area contributed by atoms with Gasteiger partial charge >= 0.3 is 0 Å². The lowest BCUT2D eigenvalue weighted by Gasteiger charge is -2.27. The van der Waals surface area contributed by atoms with Gasteiger partial charge in [0, 0.05) is 28.6 Å². The van der Waals surface area contributed by atoms with E-state index in [1.165, 1.54) is 0 Å². The first-order valence-corrected chi connectivity index (χ1v) is 7.73. The topological polar surface area (TPSA) is 65.1 Å². The van der Waals surface area contributed by atoms with Crippen LogP contribution in [0.1, 0.15) is 36.2 Å². The van der Waals surface area contributed by atoms with Gasteiger partial charge in [0.2, 0.25) is 0 Å². The third-order valence-corrected chi connectivity index (χ3v) is 4.50. The number of carbonyl (C=O) groups excluding carboxylic acids is 1. The third kappa shape index (κ3) is 3.22. The molecular formula is C16H19ClN2O2. The number of aromatic nitrogens is 1. The van der Waals surface area contributed by atoms with Crippen molar-refractivity contribution in [2.24, 2.45) is 5.92 Å². The third-order valence-electron chi connectivity index (χ3n) is 4.27. The molecule has 3 rings (SSSR count). The number of fused-ring (bicyclic) bond motifs is 1. The molecule has 0 radical (unpaired) electrons. The molecule has 5 heteroatoms. The second kappa shape index (κ2) is 6.08. The van der Waals surface area contributed by atoms with E-state index in [4.69, 9.17) is 16.7 Å². The molecule has 1 aromatic heterocycles. The number of amides is 1. The van der Waals surface area contributed by atoms with Gasteiger partial charge in [0.05, 0.1) is 0 Å². The van der Waals surface area contributed by atoms with Crippen molar-refractivity contribution < 1.29 is 9.90 Å². The van der Waals surface area contributed by atoms with Crippen LogP contribution >= 0.6 is 11.6 Å². The summed E-state index contributed by atoms with van der Waals surface area (Å²) in [6.45, 7) is 0.253. The van der Waals surface area contributed by atoms with E-state index < -0.39 is 0 Å².